The van der Waals surface area contributed by atoms with Crippen molar-refractivity contribution in [3.63, 3.8) is 0 Å². The Hall–Kier alpha value is -1.64. The zero-order valence-corrected chi connectivity index (χ0v) is 14.9. The number of hydrogen-bond donors (Lipinski definition) is 1. The summed E-state index contributed by atoms with van der Waals surface area (Å²) in [7, 11) is 0. The maximum atomic E-state index is 6.51. The van der Waals surface area contributed by atoms with Crippen LogP contribution in [0.2, 0.25) is 10.0 Å². The molecule has 0 bridgehead atoms. The van der Waals surface area contributed by atoms with Gasteiger partial charge < -0.3 is 10.1 Å². The highest BCUT2D eigenvalue weighted by molar-refractivity contribution is 6.35. The number of anilines is 1. The second-order valence-corrected chi connectivity index (χ2v) is 7.14. The van der Waals surface area contributed by atoms with Crippen molar-refractivity contribution in [3.8, 4) is 5.75 Å². The number of ether oxygens (including phenoxy) is 1. The first kappa shape index (κ1) is 15.9. The fraction of sp³-hybridized carbons (Fsp3) is 0.300. The van der Waals surface area contributed by atoms with Gasteiger partial charge in [0, 0.05) is 32.8 Å². The number of halogens is 2. The van der Waals surface area contributed by atoms with E-state index in [2.05, 4.69) is 29.6 Å². The molecule has 0 spiro atoms. The van der Waals surface area contributed by atoms with Gasteiger partial charge in [-0.1, -0.05) is 53.6 Å². The lowest BCUT2D eigenvalue weighted by atomic mass is 9.77. The lowest BCUT2D eigenvalue weighted by Crippen LogP contribution is -2.29. The summed E-state index contributed by atoms with van der Waals surface area (Å²) in [6.45, 7) is 2.67. The number of hydrogen-bond acceptors (Lipinski definition) is 2. The molecule has 0 fully saturated rings. The molecule has 2 nitrogen and oxygen atoms in total. The van der Waals surface area contributed by atoms with E-state index in [0.717, 1.165) is 28.4 Å². The third-order valence-electron chi connectivity index (χ3n) is 4.93. The van der Waals surface area contributed by atoms with Crippen molar-refractivity contribution in [2.45, 2.75) is 25.3 Å². The minimum absolute atomic E-state index is 0.176. The Bertz CT molecular complexity index is 802. The maximum Gasteiger partial charge on any atom is 0.124 e. The largest absolute Gasteiger partial charge is 0.494 e. The Morgan fingerprint density at radius 2 is 2.04 bits per heavy atom. The van der Waals surface area contributed by atoms with Crippen LogP contribution in [0, 0.1) is 5.92 Å². The zero-order valence-electron chi connectivity index (χ0n) is 13.4. The molecule has 0 radical (unpaired) electrons. The summed E-state index contributed by atoms with van der Waals surface area (Å²) < 4.78 is 5.86. The third kappa shape index (κ3) is 2.58. The number of allylic oxidation sites excluding steroid dienone is 2. The summed E-state index contributed by atoms with van der Waals surface area (Å²) in [6, 6.07) is 12.3. The molecule has 0 saturated heterocycles. The second-order valence-electron chi connectivity index (χ2n) is 6.30. The monoisotopic (exact) mass is 359 g/mol. The topological polar surface area (TPSA) is 21.3 Å². The molecule has 4 heteroatoms. The Morgan fingerprint density at radius 3 is 2.88 bits per heavy atom. The van der Waals surface area contributed by atoms with Crippen molar-refractivity contribution >= 4 is 28.9 Å². The molecule has 0 amide bonds. The first-order chi connectivity index (χ1) is 11.7. The highest BCUT2D eigenvalue weighted by Gasteiger charge is 2.40. The molecule has 3 unspecified atom stereocenters. The van der Waals surface area contributed by atoms with E-state index in [9.17, 15) is 0 Å². The molecule has 2 aromatic rings. The lowest BCUT2D eigenvalue weighted by Gasteiger charge is -2.38. The van der Waals surface area contributed by atoms with Crippen LogP contribution in [0.1, 0.15) is 36.4 Å². The van der Waals surface area contributed by atoms with Crippen LogP contribution in [0.4, 0.5) is 5.69 Å². The Morgan fingerprint density at radius 1 is 1.21 bits per heavy atom. The van der Waals surface area contributed by atoms with Crippen molar-refractivity contribution in [1.82, 2.24) is 0 Å². The van der Waals surface area contributed by atoms with Crippen molar-refractivity contribution in [1.29, 1.82) is 0 Å². The van der Waals surface area contributed by atoms with Crippen molar-refractivity contribution in [2.75, 3.05) is 11.9 Å². The van der Waals surface area contributed by atoms with Gasteiger partial charge in [0.2, 0.25) is 0 Å². The summed E-state index contributed by atoms with van der Waals surface area (Å²) in [5, 5.41) is 5.07. The van der Waals surface area contributed by atoms with Gasteiger partial charge in [0.15, 0.2) is 0 Å². The molecule has 1 aliphatic carbocycles. The van der Waals surface area contributed by atoms with Crippen LogP contribution in [-0.2, 0) is 0 Å². The normalized spacial score (nSPS) is 24.2. The Balaban J connectivity index is 1.82. The van der Waals surface area contributed by atoms with E-state index in [1.807, 2.05) is 31.2 Å². The van der Waals surface area contributed by atoms with Crippen LogP contribution >= 0.6 is 23.2 Å². The van der Waals surface area contributed by atoms with E-state index in [0.29, 0.717) is 23.5 Å². The Kier molecular flexibility index (Phi) is 4.19. The van der Waals surface area contributed by atoms with Crippen LogP contribution in [0.25, 0.3) is 0 Å². The van der Waals surface area contributed by atoms with Gasteiger partial charge in [-0.15, -0.1) is 0 Å². The first-order valence-corrected chi connectivity index (χ1v) is 9.08. The number of nitrogens with one attached hydrogen (secondary N) is 1. The average molecular weight is 360 g/mol. The molecular weight excluding hydrogens is 341 g/mol. The van der Waals surface area contributed by atoms with Gasteiger partial charge in [0.05, 0.1) is 12.6 Å². The van der Waals surface area contributed by atoms with E-state index < -0.39 is 0 Å². The summed E-state index contributed by atoms with van der Waals surface area (Å²) in [5.74, 6) is 1.68. The highest BCUT2D eigenvalue weighted by atomic mass is 35.5. The van der Waals surface area contributed by atoms with Crippen molar-refractivity contribution < 1.29 is 4.74 Å². The molecule has 124 valence electrons. The average Bonchev–Trinajstić information content (AvgIpc) is 3.03. The number of benzene rings is 2. The van der Waals surface area contributed by atoms with Gasteiger partial charge in [-0.05, 0) is 37.5 Å². The molecule has 1 N–H and O–H groups in total. The standard InChI is InChI=1S/C20H19Cl2NO/c1-2-24-18-9-4-3-6-15(18)20-14-8-5-7-13(14)19-16(22)10-12(21)11-17(19)23-20/h3-7,9-11,13-14,20,23H,2,8H2,1H3. The van der Waals surface area contributed by atoms with Gasteiger partial charge >= 0.3 is 0 Å². The summed E-state index contributed by atoms with van der Waals surface area (Å²) >= 11 is 12.7. The van der Waals surface area contributed by atoms with Gasteiger partial charge in [-0.3, -0.25) is 0 Å². The summed E-state index contributed by atoms with van der Waals surface area (Å²) in [6.07, 6.45) is 5.56. The molecule has 24 heavy (non-hydrogen) atoms. The molecule has 2 aliphatic rings. The van der Waals surface area contributed by atoms with Gasteiger partial charge in [-0.2, -0.15) is 0 Å². The number of rotatable bonds is 3. The minimum atomic E-state index is 0.176. The highest BCUT2D eigenvalue weighted by Crippen LogP contribution is 2.53. The third-order valence-corrected chi connectivity index (χ3v) is 5.46. The first-order valence-electron chi connectivity index (χ1n) is 8.33. The van der Waals surface area contributed by atoms with E-state index in [1.54, 1.807) is 0 Å². The molecule has 4 rings (SSSR count). The molecule has 2 aromatic carbocycles. The fourth-order valence-corrected chi connectivity index (χ4v) is 4.60. The molecule has 0 saturated carbocycles. The predicted molar refractivity (Wildman–Crippen MR) is 100 cm³/mol. The maximum absolute atomic E-state index is 6.51. The number of fused-ring (bicyclic) bond motifs is 3. The van der Waals surface area contributed by atoms with Gasteiger partial charge in [-0.25, -0.2) is 0 Å². The zero-order chi connectivity index (χ0) is 16.7. The molecular formula is C20H19Cl2NO. The van der Waals surface area contributed by atoms with Crippen LogP contribution in [0.3, 0.4) is 0 Å². The molecule has 1 aliphatic heterocycles. The number of para-hydroxylation sites is 1. The van der Waals surface area contributed by atoms with Crippen LogP contribution in [-0.4, -0.2) is 6.61 Å². The van der Waals surface area contributed by atoms with Gasteiger partial charge in [0.25, 0.3) is 0 Å². The van der Waals surface area contributed by atoms with Gasteiger partial charge in [0.1, 0.15) is 5.75 Å². The van der Waals surface area contributed by atoms with E-state index in [-0.39, 0.29) is 6.04 Å². The van der Waals surface area contributed by atoms with Crippen LogP contribution in [0.5, 0.6) is 5.75 Å². The van der Waals surface area contributed by atoms with Crippen molar-refractivity contribution in [3.05, 3.63) is 69.7 Å². The summed E-state index contributed by atoms with van der Waals surface area (Å²) in [5.41, 5.74) is 3.38. The van der Waals surface area contributed by atoms with Crippen LogP contribution < -0.4 is 10.1 Å². The quantitative estimate of drug-likeness (QED) is 0.656. The Labute approximate surface area is 152 Å². The van der Waals surface area contributed by atoms with Crippen molar-refractivity contribution in [2.24, 2.45) is 5.92 Å². The molecule has 1 heterocycles. The molecule has 0 aromatic heterocycles. The van der Waals surface area contributed by atoms with E-state index in [4.69, 9.17) is 27.9 Å². The van der Waals surface area contributed by atoms with E-state index >= 15 is 0 Å². The fourth-order valence-electron chi connectivity index (χ4n) is 3.98. The summed E-state index contributed by atoms with van der Waals surface area (Å²) in [4.78, 5) is 0. The lowest BCUT2D eigenvalue weighted by molar-refractivity contribution is 0.327. The van der Waals surface area contributed by atoms with E-state index in [1.165, 1.54) is 5.56 Å². The van der Waals surface area contributed by atoms with Crippen LogP contribution in [0.15, 0.2) is 48.6 Å². The smallest absolute Gasteiger partial charge is 0.124 e. The molecule has 3 atom stereocenters. The minimum Gasteiger partial charge on any atom is -0.494 e. The predicted octanol–water partition coefficient (Wildman–Crippen LogP) is 6.22. The SMILES string of the molecule is CCOc1ccccc1C1Nc2cc(Cl)cc(Cl)c2C2C=CCC21. The second kappa shape index (κ2) is 6.34.